The van der Waals surface area contributed by atoms with Crippen LogP contribution in [0.2, 0.25) is 0 Å². The number of hydrogen-bond acceptors (Lipinski definition) is 3. The fourth-order valence-electron chi connectivity index (χ4n) is 2.45. The number of alkyl halides is 1. The average molecular weight is 342 g/mol. The summed E-state index contributed by atoms with van der Waals surface area (Å²) in [4.78, 5) is 24.8. The molecular formula is C14H16BrNO4. The van der Waals surface area contributed by atoms with Crippen molar-refractivity contribution in [1.82, 2.24) is 4.90 Å². The van der Waals surface area contributed by atoms with Gasteiger partial charge in [0.2, 0.25) is 5.91 Å². The van der Waals surface area contributed by atoms with Crippen molar-refractivity contribution in [2.45, 2.75) is 18.9 Å². The van der Waals surface area contributed by atoms with E-state index in [1.807, 2.05) is 0 Å². The molecule has 1 heterocycles. The van der Waals surface area contributed by atoms with Gasteiger partial charge in [0.05, 0.1) is 0 Å². The highest BCUT2D eigenvalue weighted by Crippen LogP contribution is 2.24. The summed E-state index contributed by atoms with van der Waals surface area (Å²) in [7, 11) is 0. The van der Waals surface area contributed by atoms with Gasteiger partial charge in [-0.05, 0) is 23.6 Å². The lowest BCUT2D eigenvalue weighted by atomic mass is 10.0. The van der Waals surface area contributed by atoms with E-state index >= 15 is 0 Å². The number of benzene rings is 1. The van der Waals surface area contributed by atoms with Crippen LogP contribution in [-0.4, -0.2) is 44.9 Å². The molecule has 1 aromatic carbocycles. The topological polar surface area (TPSA) is 77.8 Å². The van der Waals surface area contributed by atoms with Gasteiger partial charge in [-0.3, -0.25) is 4.79 Å². The fraction of sp³-hybridized carbons (Fsp3) is 0.429. The van der Waals surface area contributed by atoms with Gasteiger partial charge >= 0.3 is 5.97 Å². The fourth-order valence-corrected chi connectivity index (χ4v) is 2.88. The van der Waals surface area contributed by atoms with Crippen molar-refractivity contribution in [2.24, 2.45) is 5.92 Å². The number of halogens is 1. The molecule has 1 aliphatic rings. The molecule has 2 N–H and O–H groups in total. The number of carboxylic acids is 1. The van der Waals surface area contributed by atoms with E-state index in [1.54, 1.807) is 12.1 Å². The molecule has 0 saturated carbocycles. The summed E-state index contributed by atoms with van der Waals surface area (Å²) in [6, 6.07) is 5.59. The lowest BCUT2D eigenvalue weighted by Crippen LogP contribution is -2.43. The van der Waals surface area contributed by atoms with Crippen LogP contribution in [0.25, 0.3) is 0 Å². The molecule has 1 fully saturated rings. The van der Waals surface area contributed by atoms with Gasteiger partial charge in [0.15, 0.2) is 0 Å². The Kier molecular flexibility index (Phi) is 4.65. The molecule has 0 aliphatic carbocycles. The first-order valence-corrected chi connectivity index (χ1v) is 7.49. The largest absolute Gasteiger partial charge is 0.508 e. The normalized spacial score (nSPS) is 20.1. The van der Waals surface area contributed by atoms with Crippen LogP contribution >= 0.6 is 15.9 Å². The van der Waals surface area contributed by atoms with Gasteiger partial charge in [0.25, 0.3) is 0 Å². The zero-order valence-electron chi connectivity index (χ0n) is 10.8. The molecule has 1 aromatic rings. The molecule has 0 bridgehead atoms. The van der Waals surface area contributed by atoms with Gasteiger partial charge in [-0.15, -0.1) is 0 Å². The highest BCUT2D eigenvalue weighted by molar-refractivity contribution is 9.09. The minimum Gasteiger partial charge on any atom is -0.508 e. The quantitative estimate of drug-likeness (QED) is 0.798. The highest BCUT2D eigenvalue weighted by Gasteiger charge is 2.37. The SMILES string of the molecule is O=C(O)C(Cc1cccc(O)c1)N1CC(CBr)CC1=O. The van der Waals surface area contributed by atoms with Crippen LogP contribution in [0.1, 0.15) is 12.0 Å². The monoisotopic (exact) mass is 341 g/mol. The summed E-state index contributed by atoms with van der Waals surface area (Å²) in [5.41, 5.74) is 0.701. The van der Waals surface area contributed by atoms with Crippen molar-refractivity contribution >= 4 is 27.8 Å². The number of aliphatic carboxylic acids is 1. The first kappa shape index (κ1) is 14.8. The van der Waals surface area contributed by atoms with Gasteiger partial charge in [-0.25, -0.2) is 4.79 Å². The Bertz CT molecular complexity index is 520. The second-order valence-corrected chi connectivity index (χ2v) is 5.65. The molecular weight excluding hydrogens is 326 g/mol. The maximum atomic E-state index is 11.9. The number of hydrogen-bond donors (Lipinski definition) is 2. The van der Waals surface area contributed by atoms with Gasteiger partial charge < -0.3 is 15.1 Å². The molecule has 0 spiro atoms. The van der Waals surface area contributed by atoms with E-state index in [9.17, 15) is 19.8 Å². The number of likely N-dealkylation sites (tertiary alicyclic amines) is 1. The standard InChI is InChI=1S/C14H16BrNO4/c15-7-10-6-13(18)16(8-10)12(14(19)20)5-9-2-1-3-11(17)4-9/h1-4,10,12,17H,5-8H2,(H,19,20). The van der Waals surface area contributed by atoms with E-state index in [0.717, 1.165) is 0 Å². The Labute approximate surface area is 125 Å². The number of carbonyl (C=O) groups excluding carboxylic acids is 1. The number of aromatic hydroxyl groups is 1. The molecule has 2 atom stereocenters. The molecule has 1 aliphatic heterocycles. The summed E-state index contributed by atoms with van der Waals surface area (Å²) >= 11 is 3.33. The van der Waals surface area contributed by atoms with Crippen molar-refractivity contribution in [3.63, 3.8) is 0 Å². The Balaban J connectivity index is 2.16. The summed E-state index contributed by atoms with van der Waals surface area (Å²) in [6.45, 7) is 0.458. The number of carboxylic acid groups (broad SMARTS) is 1. The van der Waals surface area contributed by atoms with Crippen LogP contribution in [0.3, 0.4) is 0 Å². The maximum absolute atomic E-state index is 11.9. The first-order chi connectivity index (χ1) is 9.51. The second kappa shape index (κ2) is 6.26. The van der Waals surface area contributed by atoms with Crippen LogP contribution < -0.4 is 0 Å². The van der Waals surface area contributed by atoms with Crippen LogP contribution in [-0.2, 0) is 16.0 Å². The number of nitrogens with zero attached hydrogens (tertiary/aromatic N) is 1. The Morgan fingerprint density at radius 3 is 2.80 bits per heavy atom. The molecule has 1 amide bonds. The van der Waals surface area contributed by atoms with Crippen molar-refractivity contribution in [3.05, 3.63) is 29.8 Å². The van der Waals surface area contributed by atoms with Gasteiger partial charge in [0.1, 0.15) is 11.8 Å². The molecule has 5 nitrogen and oxygen atoms in total. The molecule has 2 unspecified atom stereocenters. The van der Waals surface area contributed by atoms with E-state index in [4.69, 9.17) is 0 Å². The van der Waals surface area contributed by atoms with E-state index in [1.165, 1.54) is 17.0 Å². The molecule has 20 heavy (non-hydrogen) atoms. The molecule has 1 saturated heterocycles. The Morgan fingerprint density at radius 2 is 2.25 bits per heavy atom. The van der Waals surface area contributed by atoms with Gasteiger partial charge in [-0.1, -0.05) is 28.1 Å². The lowest BCUT2D eigenvalue weighted by molar-refractivity contribution is -0.148. The molecule has 2 rings (SSSR count). The number of carbonyl (C=O) groups is 2. The lowest BCUT2D eigenvalue weighted by Gasteiger charge is -2.24. The summed E-state index contributed by atoms with van der Waals surface area (Å²) in [6.07, 6.45) is 0.583. The zero-order valence-corrected chi connectivity index (χ0v) is 12.4. The maximum Gasteiger partial charge on any atom is 0.326 e. The Morgan fingerprint density at radius 1 is 1.50 bits per heavy atom. The first-order valence-electron chi connectivity index (χ1n) is 6.37. The molecule has 0 radical (unpaired) electrons. The zero-order chi connectivity index (χ0) is 14.7. The average Bonchev–Trinajstić information content (AvgIpc) is 2.77. The predicted molar refractivity (Wildman–Crippen MR) is 76.8 cm³/mol. The van der Waals surface area contributed by atoms with Gasteiger partial charge in [0, 0.05) is 24.7 Å². The summed E-state index contributed by atoms with van der Waals surface area (Å²) in [5, 5.41) is 19.5. The number of rotatable bonds is 5. The minimum absolute atomic E-state index is 0.0951. The molecule has 0 aromatic heterocycles. The highest BCUT2D eigenvalue weighted by atomic mass is 79.9. The van der Waals surface area contributed by atoms with Crippen molar-refractivity contribution in [2.75, 3.05) is 11.9 Å². The smallest absolute Gasteiger partial charge is 0.326 e. The number of phenolic OH excluding ortho intramolecular Hbond substituents is 1. The predicted octanol–water partition coefficient (Wildman–Crippen LogP) is 1.63. The van der Waals surface area contributed by atoms with E-state index in [0.29, 0.717) is 23.9 Å². The number of amides is 1. The van der Waals surface area contributed by atoms with E-state index in [2.05, 4.69) is 15.9 Å². The van der Waals surface area contributed by atoms with Crippen LogP contribution in [0.4, 0.5) is 0 Å². The third kappa shape index (κ3) is 3.30. The Hall–Kier alpha value is -1.56. The van der Waals surface area contributed by atoms with Crippen LogP contribution in [0.5, 0.6) is 5.75 Å². The van der Waals surface area contributed by atoms with Crippen LogP contribution in [0, 0.1) is 5.92 Å². The van der Waals surface area contributed by atoms with Crippen molar-refractivity contribution < 1.29 is 19.8 Å². The van der Waals surface area contributed by atoms with Crippen LogP contribution in [0.15, 0.2) is 24.3 Å². The number of phenols is 1. The van der Waals surface area contributed by atoms with E-state index < -0.39 is 12.0 Å². The van der Waals surface area contributed by atoms with E-state index in [-0.39, 0.29) is 24.0 Å². The van der Waals surface area contributed by atoms with Crippen molar-refractivity contribution in [3.8, 4) is 5.75 Å². The third-order valence-corrected chi connectivity index (χ3v) is 4.37. The minimum atomic E-state index is -1.02. The van der Waals surface area contributed by atoms with Crippen molar-refractivity contribution in [1.29, 1.82) is 0 Å². The second-order valence-electron chi connectivity index (χ2n) is 5.00. The van der Waals surface area contributed by atoms with Gasteiger partial charge in [-0.2, -0.15) is 0 Å². The molecule has 6 heteroatoms. The third-order valence-electron chi connectivity index (χ3n) is 3.46. The summed E-state index contributed by atoms with van der Waals surface area (Å²) in [5.74, 6) is -0.884. The molecule has 108 valence electrons. The summed E-state index contributed by atoms with van der Waals surface area (Å²) < 4.78 is 0.